The Morgan fingerprint density at radius 3 is 2.51 bits per heavy atom. The molecule has 2 atom stereocenters. The fourth-order valence-corrected chi connectivity index (χ4v) is 5.59. The quantitative estimate of drug-likeness (QED) is 0.387. The number of benzene rings is 2. The Morgan fingerprint density at radius 2 is 1.82 bits per heavy atom. The number of aromatic nitrogens is 1. The molecule has 1 saturated heterocycles. The van der Waals surface area contributed by atoms with E-state index in [1.54, 1.807) is 12.1 Å². The van der Waals surface area contributed by atoms with Gasteiger partial charge in [-0.2, -0.15) is 0 Å². The smallest absolute Gasteiger partial charge is 0.410 e. The molecule has 5 rings (SSSR count). The molecule has 2 amide bonds. The Labute approximate surface area is 224 Å². The van der Waals surface area contributed by atoms with Crippen LogP contribution in [0.5, 0.6) is 0 Å². The highest BCUT2D eigenvalue weighted by Gasteiger charge is 2.41. The first-order valence-corrected chi connectivity index (χ1v) is 13.3. The third-order valence-corrected chi connectivity index (χ3v) is 7.56. The number of rotatable bonds is 7. The summed E-state index contributed by atoms with van der Waals surface area (Å²) >= 11 is 0. The van der Waals surface area contributed by atoms with E-state index in [-0.39, 0.29) is 48.8 Å². The Hall–Kier alpha value is -3.53. The number of nitrogens with one attached hydrogen (secondary N) is 2. The molecule has 2 heterocycles. The van der Waals surface area contributed by atoms with E-state index in [1.807, 2.05) is 13.8 Å². The van der Waals surface area contributed by atoms with Gasteiger partial charge in [0.15, 0.2) is 0 Å². The second kappa shape index (κ2) is 10.9. The minimum atomic E-state index is -0.805. The zero-order chi connectivity index (χ0) is 27.8. The van der Waals surface area contributed by atoms with Crippen LogP contribution in [0.25, 0.3) is 22.2 Å². The number of likely N-dealkylation sites (tertiary alicyclic amines) is 1. The van der Waals surface area contributed by atoms with Gasteiger partial charge in [0, 0.05) is 24.4 Å². The number of hydrogen-bond acceptors (Lipinski definition) is 4. The zero-order valence-electron chi connectivity index (χ0n) is 21.8. The molecule has 1 aliphatic heterocycles. The topological polar surface area (TPSA) is 94.7 Å². The summed E-state index contributed by atoms with van der Waals surface area (Å²) in [5, 5.41) is 13.4. The first kappa shape index (κ1) is 27.1. The van der Waals surface area contributed by atoms with Gasteiger partial charge in [-0.15, -0.1) is 0 Å². The molecule has 3 aromatic rings. The Bertz CT molecular complexity index is 1370. The molecular weight excluding hydrogens is 511 g/mol. The number of aromatic amines is 1. The van der Waals surface area contributed by atoms with Gasteiger partial charge < -0.3 is 20.1 Å². The summed E-state index contributed by atoms with van der Waals surface area (Å²) in [6.45, 7) is 4.46. The Kier molecular flexibility index (Phi) is 7.57. The second-order valence-electron chi connectivity index (χ2n) is 11.0. The van der Waals surface area contributed by atoms with E-state index in [0.717, 1.165) is 11.6 Å². The maximum Gasteiger partial charge on any atom is 0.410 e. The zero-order valence-corrected chi connectivity index (χ0v) is 21.8. The van der Waals surface area contributed by atoms with E-state index in [9.17, 15) is 27.9 Å². The number of aliphatic hydroxyl groups is 1. The predicted octanol–water partition coefficient (Wildman–Crippen LogP) is 5.09. The van der Waals surface area contributed by atoms with Crippen molar-refractivity contribution in [2.45, 2.75) is 51.2 Å². The van der Waals surface area contributed by atoms with Gasteiger partial charge in [0.05, 0.1) is 30.5 Å². The molecule has 2 aromatic carbocycles. The van der Waals surface area contributed by atoms with Crippen molar-refractivity contribution in [2.24, 2.45) is 11.8 Å². The van der Waals surface area contributed by atoms with Gasteiger partial charge >= 0.3 is 6.09 Å². The van der Waals surface area contributed by atoms with Crippen LogP contribution in [0.2, 0.25) is 0 Å². The minimum absolute atomic E-state index is 0.0160. The molecular formula is C29H32F3N3O4. The number of nitrogens with zero attached hydrogens (tertiary/aromatic N) is 1. The number of hydrogen-bond donors (Lipinski definition) is 3. The van der Waals surface area contributed by atoms with Crippen molar-refractivity contribution < 1.29 is 32.6 Å². The van der Waals surface area contributed by atoms with E-state index in [1.165, 1.54) is 23.1 Å². The molecule has 2 fully saturated rings. The van der Waals surface area contributed by atoms with E-state index in [0.29, 0.717) is 36.0 Å². The van der Waals surface area contributed by atoms with Crippen molar-refractivity contribution in [3.8, 4) is 11.3 Å². The molecule has 208 valence electrons. The first-order valence-electron chi connectivity index (χ1n) is 13.3. The average Bonchev–Trinajstić information content (AvgIpc) is 3.43. The summed E-state index contributed by atoms with van der Waals surface area (Å²) in [5.41, 5.74) is 2.27. The predicted molar refractivity (Wildman–Crippen MR) is 139 cm³/mol. The van der Waals surface area contributed by atoms with Crippen LogP contribution in [-0.2, 0) is 9.53 Å². The number of aliphatic hydroxyl groups excluding tert-OH is 1. The lowest BCUT2D eigenvalue weighted by molar-refractivity contribution is -0.125. The normalized spacial score (nSPS) is 22.8. The second-order valence-corrected chi connectivity index (χ2v) is 11.0. The fourth-order valence-electron chi connectivity index (χ4n) is 5.59. The highest BCUT2D eigenvalue weighted by Crippen LogP contribution is 2.48. The van der Waals surface area contributed by atoms with E-state index in [4.69, 9.17) is 4.74 Å². The first-order chi connectivity index (χ1) is 18.6. The molecule has 2 aliphatic rings. The van der Waals surface area contributed by atoms with Crippen molar-refractivity contribution in [1.82, 2.24) is 15.2 Å². The molecule has 10 heteroatoms. The van der Waals surface area contributed by atoms with Gasteiger partial charge in [-0.05, 0) is 72.1 Å². The molecule has 1 saturated carbocycles. The standard InChI is InChI=1S/C29H32F3N3O4/c1-15(2)14-39-29(38)35-13-21(36)11-24(35)28(37)33-12-16-7-18(8-16)25-22-9-20(31)10-23(32)27(22)34-26(25)17-3-5-19(30)6-4-17/h3-6,9-10,15-16,18,21,24,34,36H,7-8,11-14H2,1-2H3,(H,33,37)/t16?,18?,21-,24-/m1/s1. The van der Waals surface area contributed by atoms with Gasteiger partial charge in [-0.25, -0.2) is 18.0 Å². The fraction of sp³-hybridized carbons (Fsp3) is 0.448. The molecule has 1 aromatic heterocycles. The van der Waals surface area contributed by atoms with Crippen molar-refractivity contribution >= 4 is 22.9 Å². The number of halogens is 3. The maximum atomic E-state index is 14.6. The molecule has 1 aliphatic carbocycles. The summed E-state index contributed by atoms with van der Waals surface area (Å²) in [6.07, 6.45) is 0.0767. The molecule has 7 nitrogen and oxygen atoms in total. The molecule has 0 bridgehead atoms. The maximum absolute atomic E-state index is 14.6. The number of β-amino-alcohol motifs (C(OH)–C–C–N with tert-alkyl or cyclic N) is 1. The van der Waals surface area contributed by atoms with Crippen LogP contribution in [0.3, 0.4) is 0 Å². The number of carbonyl (C=O) groups is 2. The van der Waals surface area contributed by atoms with Crippen molar-refractivity contribution in [1.29, 1.82) is 0 Å². The highest BCUT2D eigenvalue weighted by atomic mass is 19.1. The van der Waals surface area contributed by atoms with Crippen LogP contribution >= 0.6 is 0 Å². The summed E-state index contributed by atoms with van der Waals surface area (Å²) in [6, 6.07) is 7.18. The van der Waals surface area contributed by atoms with Crippen LogP contribution in [0, 0.1) is 29.3 Å². The lowest BCUT2D eigenvalue weighted by Crippen LogP contribution is -2.48. The van der Waals surface area contributed by atoms with Gasteiger partial charge in [0.2, 0.25) is 5.91 Å². The van der Waals surface area contributed by atoms with Crippen molar-refractivity contribution in [3.63, 3.8) is 0 Å². The van der Waals surface area contributed by atoms with Crippen molar-refractivity contribution in [2.75, 3.05) is 19.7 Å². The monoisotopic (exact) mass is 543 g/mol. The summed E-state index contributed by atoms with van der Waals surface area (Å²) in [5.74, 6) is -1.86. The number of ether oxygens (including phenoxy) is 1. The lowest BCUT2D eigenvalue weighted by atomic mass is 9.70. The van der Waals surface area contributed by atoms with E-state index >= 15 is 0 Å². The largest absolute Gasteiger partial charge is 0.449 e. The van der Waals surface area contributed by atoms with Crippen LogP contribution in [0.4, 0.5) is 18.0 Å². The van der Waals surface area contributed by atoms with Crippen molar-refractivity contribution in [3.05, 3.63) is 59.4 Å². The molecule has 0 radical (unpaired) electrons. The van der Waals surface area contributed by atoms with E-state index < -0.39 is 35.7 Å². The highest BCUT2D eigenvalue weighted by molar-refractivity contribution is 5.92. The van der Waals surface area contributed by atoms with Gasteiger partial charge in [0.25, 0.3) is 0 Å². The Balaban J connectivity index is 1.26. The van der Waals surface area contributed by atoms with Crippen LogP contribution in [0.1, 0.15) is 44.6 Å². The molecule has 0 unspecified atom stereocenters. The number of carbonyl (C=O) groups excluding carboxylic acids is 2. The number of fused-ring (bicyclic) bond motifs is 1. The SMILES string of the molecule is CC(C)COC(=O)N1C[C@H](O)C[C@@H]1C(=O)NCC1CC(c2c(-c3ccc(F)cc3)[nH]c3c(F)cc(F)cc23)C1. The van der Waals surface area contributed by atoms with Crippen LogP contribution in [-0.4, -0.2) is 58.8 Å². The number of amides is 2. The van der Waals surface area contributed by atoms with Crippen LogP contribution in [0.15, 0.2) is 36.4 Å². The summed E-state index contributed by atoms with van der Waals surface area (Å²) < 4.78 is 47.6. The molecule has 39 heavy (non-hydrogen) atoms. The van der Waals surface area contributed by atoms with Gasteiger partial charge in [-0.3, -0.25) is 9.69 Å². The van der Waals surface area contributed by atoms with Gasteiger partial charge in [0.1, 0.15) is 23.5 Å². The summed E-state index contributed by atoms with van der Waals surface area (Å²) in [4.78, 5) is 29.7. The molecule has 0 spiro atoms. The van der Waals surface area contributed by atoms with Crippen LogP contribution < -0.4 is 5.32 Å². The third-order valence-electron chi connectivity index (χ3n) is 7.56. The van der Waals surface area contributed by atoms with Gasteiger partial charge in [-0.1, -0.05) is 13.8 Å². The van der Waals surface area contributed by atoms with E-state index in [2.05, 4.69) is 10.3 Å². The lowest BCUT2D eigenvalue weighted by Gasteiger charge is -2.36. The Morgan fingerprint density at radius 1 is 1.10 bits per heavy atom. The number of H-pyrrole nitrogens is 1. The summed E-state index contributed by atoms with van der Waals surface area (Å²) in [7, 11) is 0. The third kappa shape index (κ3) is 5.61. The molecule has 3 N–H and O–H groups in total. The minimum Gasteiger partial charge on any atom is -0.449 e. The average molecular weight is 544 g/mol.